The highest BCUT2D eigenvalue weighted by atomic mass is 16.2. The van der Waals surface area contributed by atoms with Crippen molar-refractivity contribution in [1.82, 2.24) is 24.6 Å². The number of fused-ring (bicyclic) bond motifs is 3. The first-order valence-electron chi connectivity index (χ1n) is 14.4. The van der Waals surface area contributed by atoms with Crippen molar-refractivity contribution in [3.63, 3.8) is 0 Å². The van der Waals surface area contributed by atoms with Crippen LogP contribution in [0.2, 0.25) is 0 Å². The first kappa shape index (κ1) is 27.1. The predicted octanol–water partition coefficient (Wildman–Crippen LogP) is 4.66. The largest absolute Gasteiger partial charge is 0.337 e. The molecule has 8 heteroatoms. The zero-order chi connectivity index (χ0) is 27.0. The van der Waals surface area contributed by atoms with E-state index in [0.717, 1.165) is 56.4 Å². The van der Waals surface area contributed by atoms with Gasteiger partial charge in [0.2, 0.25) is 11.8 Å². The lowest BCUT2D eigenvalue weighted by atomic mass is 9.92. The molecule has 2 bridgehead atoms. The molecule has 39 heavy (non-hydrogen) atoms. The van der Waals surface area contributed by atoms with Gasteiger partial charge in [0.05, 0.1) is 0 Å². The third-order valence-corrected chi connectivity index (χ3v) is 8.18. The van der Waals surface area contributed by atoms with Crippen LogP contribution in [0.4, 0.5) is 5.69 Å². The van der Waals surface area contributed by atoms with E-state index in [0.29, 0.717) is 38.5 Å². The number of carbonyl (C=O) groups is 2. The highest BCUT2D eigenvalue weighted by Crippen LogP contribution is 2.32. The number of aryl methyl sites for hydroxylation is 1. The lowest BCUT2D eigenvalue weighted by Crippen LogP contribution is -2.52. The molecule has 3 aromatic rings. The summed E-state index contributed by atoms with van der Waals surface area (Å²) in [6, 6.07) is 14.8. The molecule has 1 saturated heterocycles. The van der Waals surface area contributed by atoms with Gasteiger partial charge in [-0.3, -0.25) is 24.2 Å². The van der Waals surface area contributed by atoms with Crippen molar-refractivity contribution in [2.45, 2.75) is 83.6 Å². The maximum Gasteiger partial charge on any atom is 0.226 e. The summed E-state index contributed by atoms with van der Waals surface area (Å²) in [5, 5.41) is 4.28. The van der Waals surface area contributed by atoms with Gasteiger partial charge in [-0.25, -0.2) is 0 Å². The second-order valence-electron chi connectivity index (χ2n) is 10.7. The molecular weight excluding hydrogens is 488 g/mol. The standard InChI is InChI=1S/C31H40N6O2/c1-2-30(38)36-21-15-27-9-5-10-28(37(27)22-25-13-17-32-18-14-25)24-34(23-26-8-3-4-11-29(26)36)31(39)12-6-19-35-20-7-16-33-35/h3-4,7-8,11,13-14,16-18,20,27-28H,2,5-6,9-10,12,15,19,21-24H2,1H3. The van der Waals surface area contributed by atoms with Gasteiger partial charge in [0.25, 0.3) is 0 Å². The van der Waals surface area contributed by atoms with E-state index < -0.39 is 0 Å². The Labute approximate surface area is 231 Å². The predicted molar refractivity (Wildman–Crippen MR) is 152 cm³/mol. The van der Waals surface area contributed by atoms with Crippen LogP contribution in [0.3, 0.4) is 0 Å². The lowest BCUT2D eigenvalue weighted by molar-refractivity contribution is -0.133. The molecule has 8 nitrogen and oxygen atoms in total. The molecule has 0 spiro atoms. The Morgan fingerprint density at radius 1 is 0.949 bits per heavy atom. The van der Waals surface area contributed by atoms with Crippen molar-refractivity contribution in [2.24, 2.45) is 0 Å². The normalized spacial score (nSPS) is 20.2. The fraction of sp³-hybridized carbons (Fsp3) is 0.484. The van der Waals surface area contributed by atoms with Crippen molar-refractivity contribution in [2.75, 3.05) is 18.0 Å². The van der Waals surface area contributed by atoms with E-state index in [2.05, 4.69) is 38.1 Å². The van der Waals surface area contributed by atoms with Crippen LogP contribution in [0.1, 0.15) is 63.0 Å². The lowest BCUT2D eigenvalue weighted by Gasteiger charge is -2.44. The summed E-state index contributed by atoms with van der Waals surface area (Å²) in [5.41, 5.74) is 3.21. The number of hydrogen-bond donors (Lipinski definition) is 0. The van der Waals surface area contributed by atoms with Crippen LogP contribution < -0.4 is 4.90 Å². The summed E-state index contributed by atoms with van der Waals surface area (Å²) in [5.74, 6) is 0.294. The summed E-state index contributed by atoms with van der Waals surface area (Å²) in [4.78, 5) is 37.8. The smallest absolute Gasteiger partial charge is 0.226 e. The van der Waals surface area contributed by atoms with E-state index >= 15 is 0 Å². The summed E-state index contributed by atoms with van der Waals surface area (Å²) in [6.45, 7) is 5.37. The number of para-hydroxylation sites is 1. The van der Waals surface area contributed by atoms with Crippen LogP contribution in [0, 0.1) is 0 Å². The zero-order valence-electron chi connectivity index (χ0n) is 23.0. The maximum atomic E-state index is 13.8. The van der Waals surface area contributed by atoms with Gasteiger partial charge in [0.15, 0.2) is 0 Å². The summed E-state index contributed by atoms with van der Waals surface area (Å²) >= 11 is 0. The molecule has 2 aromatic heterocycles. The van der Waals surface area contributed by atoms with Crippen molar-refractivity contribution in [3.8, 4) is 0 Å². The Balaban J connectivity index is 1.45. The molecule has 1 fully saturated rings. The number of pyridine rings is 1. The van der Waals surface area contributed by atoms with E-state index in [1.54, 1.807) is 6.20 Å². The highest BCUT2D eigenvalue weighted by Gasteiger charge is 2.34. The third-order valence-electron chi connectivity index (χ3n) is 8.18. The number of rotatable bonds is 7. The number of amides is 2. The second-order valence-corrected chi connectivity index (χ2v) is 10.7. The third kappa shape index (κ3) is 6.74. The van der Waals surface area contributed by atoms with Gasteiger partial charge in [-0.2, -0.15) is 5.10 Å². The molecule has 2 aliphatic rings. The Morgan fingerprint density at radius 2 is 1.77 bits per heavy atom. The number of piperidine rings is 1. The quantitative estimate of drug-likeness (QED) is 0.446. The minimum Gasteiger partial charge on any atom is -0.337 e. The van der Waals surface area contributed by atoms with E-state index in [-0.39, 0.29) is 17.9 Å². The van der Waals surface area contributed by atoms with Crippen LogP contribution in [0.15, 0.2) is 67.3 Å². The van der Waals surface area contributed by atoms with E-state index in [1.165, 1.54) is 5.56 Å². The van der Waals surface area contributed by atoms with E-state index in [1.807, 2.05) is 59.4 Å². The van der Waals surface area contributed by atoms with Gasteiger partial charge in [0.1, 0.15) is 0 Å². The van der Waals surface area contributed by atoms with Crippen LogP contribution >= 0.6 is 0 Å². The second kappa shape index (κ2) is 13.0. The molecule has 0 saturated carbocycles. The fourth-order valence-electron chi connectivity index (χ4n) is 6.14. The minimum absolute atomic E-state index is 0.131. The average Bonchev–Trinajstić information content (AvgIpc) is 3.48. The van der Waals surface area contributed by atoms with Crippen LogP contribution in [-0.4, -0.2) is 61.6 Å². The van der Waals surface area contributed by atoms with Gasteiger partial charge in [-0.05, 0) is 61.1 Å². The van der Waals surface area contributed by atoms with Crippen molar-refractivity contribution in [3.05, 3.63) is 78.4 Å². The molecule has 1 aromatic carbocycles. The van der Waals surface area contributed by atoms with Gasteiger partial charge < -0.3 is 9.80 Å². The molecule has 4 heterocycles. The first-order valence-corrected chi connectivity index (χ1v) is 14.4. The number of anilines is 1. The Morgan fingerprint density at radius 3 is 2.56 bits per heavy atom. The summed E-state index contributed by atoms with van der Waals surface area (Å²) in [6.07, 6.45) is 13.3. The fourth-order valence-corrected chi connectivity index (χ4v) is 6.14. The van der Waals surface area contributed by atoms with Crippen LogP contribution in [0.5, 0.6) is 0 Å². The Bertz CT molecular complexity index is 1210. The molecule has 2 atom stereocenters. The summed E-state index contributed by atoms with van der Waals surface area (Å²) < 4.78 is 1.88. The number of nitrogens with zero attached hydrogens (tertiary/aromatic N) is 6. The van der Waals surface area contributed by atoms with E-state index in [4.69, 9.17) is 0 Å². The maximum absolute atomic E-state index is 13.8. The Hall–Kier alpha value is -3.52. The molecule has 0 radical (unpaired) electrons. The van der Waals surface area contributed by atoms with E-state index in [9.17, 15) is 9.59 Å². The van der Waals surface area contributed by atoms with Crippen molar-refractivity contribution < 1.29 is 9.59 Å². The molecule has 0 N–H and O–H groups in total. The topological polar surface area (TPSA) is 74.6 Å². The van der Waals surface area contributed by atoms with Crippen molar-refractivity contribution in [1.29, 1.82) is 0 Å². The molecular formula is C31H40N6O2. The SMILES string of the molecule is CCC(=O)N1CCC2CCCC(CN(C(=O)CCCn3cccn3)Cc3ccccc31)N2Cc1ccncc1. The van der Waals surface area contributed by atoms with Crippen LogP contribution in [0.25, 0.3) is 0 Å². The van der Waals surface area contributed by atoms with Gasteiger partial charge >= 0.3 is 0 Å². The van der Waals surface area contributed by atoms with Gasteiger partial charge in [-0.15, -0.1) is 0 Å². The van der Waals surface area contributed by atoms with Crippen LogP contribution in [-0.2, 0) is 29.2 Å². The Kier molecular flexibility index (Phi) is 9.04. The number of hydrogen-bond acceptors (Lipinski definition) is 5. The number of aromatic nitrogens is 3. The number of carbonyl (C=O) groups excluding carboxylic acids is 2. The summed E-state index contributed by atoms with van der Waals surface area (Å²) in [7, 11) is 0. The van der Waals surface area contributed by atoms with Gasteiger partial charge in [-0.1, -0.05) is 31.5 Å². The molecule has 2 unspecified atom stereocenters. The first-order chi connectivity index (χ1) is 19.1. The average molecular weight is 529 g/mol. The monoisotopic (exact) mass is 528 g/mol. The van der Waals surface area contributed by atoms with Gasteiger partial charge in [0, 0.05) is 88.1 Å². The molecule has 2 aliphatic heterocycles. The minimum atomic E-state index is 0.131. The molecule has 5 rings (SSSR count). The molecule has 0 aliphatic carbocycles. The zero-order valence-corrected chi connectivity index (χ0v) is 23.0. The molecule has 2 amide bonds. The number of benzene rings is 1. The van der Waals surface area contributed by atoms with Crippen molar-refractivity contribution >= 4 is 17.5 Å². The highest BCUT2D eigenvalue weighted by molar-refractivity contribution is 5.94. The molecule has 206 valence electrons.